The van der Waals surface area contributed by atoms with Gasteiger partial charge in [-0.2, -0.15) is 0 Å². The van der Waals surface area contributed by atoms with E-state index >= 15 is 0 Å². The molecule has 1 amide bonds. The molecule has 0 spiro atoms. The number of para-hydroxylation sites is 1. The third-order valence-corrected chi connectivity index (χ3v) is 7.15. The lowest BCUT2D eigenvalue weighted by Crippen LogP contribution is -2.28. The fraction of sp³-hybridized carbons (Fsp3) is 0.214. The third-order valence-electron chi connectivity index (χ3n) is 6.11. The van der Waals surface area contributed by atoms with E-state index in [-0.39, 0.29) is 5.91 Å². The number of benzene rings is 3. The third kappa shape index (κ3) is 4.09. The van der Waals surface area contributed by atoms with Gasteiger partial charge in [-0.05, 0) is 67.4 Å². The van der Waals surface area contributed by atoms with Crippen LogP contribution >= 0.6 is 11.8 Å². The van der Waals surface area contributed by atoms with Crippen molar-refractivity contribution in [3.63, 3.8) is 0 Å². The number of carbonyl (C=O) groups is 1. The van der Waals surface area contributed by atoms with E-state index < -0.39 is 0 Å². The van der Waals surface area contributed by atoms with Gasteiger partial charge >= 0.3 is 0 Å². The van der Waals surface area contributed by atoms with Crippen molar-refractivity contribution < 1.29 is 4.79 Å². The molecule has 0 saturated carbocycles. The second-order valence-electron chi connectivity index (χ2n) is 8.10. The monoisotopic (exact) mass is 453 g/mol. The second kappa shape index (κ2) is 9.28. The molecule has 5 heteroatoms. The van der Waals surface area contributed by atoms with E-state index in [0.29, 0.717) is 13.1 Å². The standard InChI is InChI=1S/C28H27N3OS/c1-3-30-24-13-9-8-12-22(24)23-18-21(14-15-25(23)30)19-26-27(32)31(4-2)28(33-26)29-17-16-20-10-6-5-7-11-20/h5-15,18-19H,3-4,16-17H2,1-2H3/b26-19+,29-28?. The van der Waals surface area contributed by atoms with Crippen molar-refractivity contribution in [2.75, 3.05) is 13.1 Å². The Morgan fingerprint density at radius 2 is 1.64 bits per heavy atom. The van der Waals surface area contributed by atoms with Gasteiger partial charge in [-0.25, -0.2) is 0 Å². The number of rotatable bonds is 6. The molecule has 1 aromatic heterocycles. The first kappa shape index (κ1) is 21.5. The number of carbonyl (C=O) groups excluding carboxylic acids is 1. The van der Waals surface area contributed by atoms with Crippen LogP contribution in [-0.4, -0.2) is 33.6 Å². The summed E-state index contributed by atoms with van der Waals surface area (Å²) in [7, 11) is 0. The largest absolute Gasteiger partial charge is 0.341 e. The van der Waals surface area contributed by atoms with Crippen LogP contribution in [-0.2, 0) is 17.8 Å². The molecule has 0 bridgehead atoms. The minimum atomic E-state index is 0.0389. The molecule has 0 atom stereocenters. The van der Waals surface area contributed by atoms with Crippen molar-refractivity contribution in [2.45, 2.75) is 26.8 Å². The molecule has 4 nitrogen and oxygen atoms in total. The summed E-state index contributed by atoms with van der Waals surface area (Å²) < 4.78 is 2.34. The number of likely N-dealkylation sites (N-methyl/N-ethyl adjacent to an activating group) is 1. The molecule has 0 unspecified atom stereocenters. The zero-order valence-electron chi connectivity index (χ0n) is 19.0. The lowest BCUT2D eigenvalue weighted by Gasteiger charge is -2.12. The summed E-state index contributed by atoms with van der Waals surface area (Å²) in [6.07, 6.45) is 2.88. The lowest BCUT2D eigenvalue weighted by atomic mass is 10.1. The molecule has 0 N–H and O–H groups in total. The molecule has 33 heavy (non-hydrogen) atoms. The number of fused-ring (bicyclic) bond motifs is 3. The van der Waals surface area contributed by atoms with Gasteiger partial charge < -0.3 is 4.57 Å². The molecule has 2 heterocycles. The van der Waals surface area contributed by atoms with Crippen molar-refractivity contribution in [3.8, 4) is 0 Å². The van der Waals surface area contributed by atoms with Gasteiger partial charge in [0.2, 0.25) is 0 Å². The number of hydrogen-bond donors (Lipinski definition) is 0. The highest BCUT2D eigenvalue weighted by Crippen LogP contribution is 2.34. The number of amidine groups is 1. The predicted molar refractivity (Wildman–Crippen MR) is 141 cm³/mol. The molecule has 1 fully saturated rings. The van der Waals surface area contributed by atoms with Gasteiger partial charge in [-0.1, -0.05) is 54.6 Å². The molecule has 1 aliphatic rings. The fourth-order valence-corrected chi connectivity index (χ4v) is 5.55. The summed E-state index contributed by atoms with van der Waals surface area (Å²) >= 11 is 1.48. The second-order valence-corrected chi connectivity index (χ2v) is 9.11. The fourth-order valence-electron chi connectivity index (χ4n) is 4.48. The summed E-state index contributed by atoms with van der Waals surface area (Å²) in [6.45, 7) is 6.39. The SMILES string of the molecule is CCN1C(=O)/C(=C\c2ccc3c(c2)c2ccccc2n3CC)SC1=NCCc1ccccc1. The van der Waals surface area contributed by atoms with Crippen LogP contribution < -0.4 is 0 Å². The molecule has 4 aromatic rings. The van der Waals surface area contributed by atoms with Gasteiger partial charge in [0, 0.05) is 41.4 Å². The minimum absolute atomic E-state index is 0.0389. The average Bonchev–Trinajstić information content (AvgIpc) is 3.33. The van der Waals surface area contributed by atoms with Crippen LogP contribution in [0.3, 0.4) is 0 Å². The summed E-state index contributed by atoms with van der Waals surface area (Å²) in [4.78, 5) is 20.3. The van der Waals surface area contributed by atoms with Crippen LogP contribution in [0.25, 0.3) is 27.9 Å². The van der Waals surface area contributed by atoms with E-state index in [4.69, 9.17) is 4.99 Å². The van der Waals surface area contributed by atoms with Crippen molar-refractivity contribution in [1.82, 2.24) is 9.47 Å². The highest BCUT2D eigenvalue weighted by atomic mass is 32.2. The van der Waals surface area contributed by atoms with Gasteiger partial charge in [0.15, 0.2) is 5.17 Å². The zero-order chi connectivity index (χ0) is 22.8. The number of amides is 1. The molecular formula is C28H27N3OS. The van der Waals surface area contributed by atoms with Gasteiger partial charge in [-0.3, -0.25) is 14.7 Å². The predicted octanol–water partition coefficient (Wildman–Crippen LogP) is 6.35. The Hall–Kier alpha value is -3.31. The molecule has 0 radical (unpaired) electrons. The first-order chi connectivity index (χ1) is 16.2. The highest BCUT2D eigenvalue weighted by Gasteiger charge is 2.31. The number of thioether (sulfide) groups is 1. The Morgan fingerprint density at radius 3 is 2.42 bits per heavy atom. The van der Waals surface area contributed by atoms with E-state index in [1.807, 2.05) is 31.2 Å². The Morgan fingerprint density at radius 1 is 0.879 bits per heavy atom. The van der Waals surface area contributed by atoms with Crippen LogP contribution in [0.4, 0.5) is 0 Å². The van der Waals surface area contributed by atoms with E-state index in [1.54, 1.807) is 4.90 Å². The number of aliphatic imine (C=N–C) groups is 1. The van der Waals surface area contributed by atoms with E-state index in [1.165, 1.54) is 39.1 Å². The van der Waals surface area contributed by atoms with Gasteiger partial charge in [0.25, 0.3) is 5.91 Å². The van der Waals surface area contributed by atoms with Crippen LogP contribution in [0.15, 0.2) is 82.7 Å². The number of aromatic nitrogens is 1. The first-order valence-corrected chi connectivity index (χ1v) is 12.3. The summed E-state index contributed by atoms with van der Waals surface area (Å²) in [5, 5.41) is 3.27. The molecule has 3 aromatic carbocycles. The molecule has 1 aliphatic heterocycles. The smallest absolute Gasteiger partial charge is 0.266 e. The topological polar surface area (TPSA) is 37.6 Å². The number of nitrogens with zero attached hydrogens (tertiary/aromatic N) is 3. The van der Waals surface area contributed by atoms with E-state index in [9.17, 15) is 4.79 Å². The van der Waals surface area contributed by atoms with Gasteiger partial charge in [0.1, 0.15) is 0 Å². The van der Waals surface area contributed by atoms with E-state index in [0.717, 1.165) is 28.6 Å². The Kier molecular flexibility index (Phi) is 6.05. The van der Waals surface area contributed by atoms with Crippen molar-refractivity contribution in [1.29, 1.82) is 0 Å². The number of aryl methyl sites for hydroxylation is 1. The molecule has 1 saturated heterocycles. The van der Waals surface area contributed by atoms with Gasteiger partial charge in [0.05, 0.1) is 4.91 Å². The molecule has 5 rings (SSSR count). The minimum Gasteiger partial charge on any atom is -0.341 e. The molecular weight excluding hydrogens is 426 g/mol. The lowest BCUT2D eigenvalue weighted by molar-refractivity contribution is -0.122. The normalized spacial score (nSPS) is 16.7. The highest BCUT2D eigenvalue weighted by molar-refractivity contribution is 8.18. The van der Waals surface area contributed by atoms with Crippen LogP contribution in [0.2, 0.25) is 0 Å². The maximum absolute atomic E-state index is 13.1. The Balaban J connectivity index is 1.44. The zero-order valence-corrected chi connectivity index (χ0v) is 19.8. The summed E-state index contributed by atoms with van der Waals surface area (Å²) in [5.74, 6) is 0.0389. The first-order valence-electron chi connectivity index (χ1n) is 11.5. The van der Waals surface area contributed by atoms with Gasteiger partial charge in [-0.15, -0.1) is 0 Å². The van der Waals surface area contributed by atoms with E-state index in [2.05, 4.69) is 66.1 Å². The average molecular weight is 454 g/mol. The molecule has 166 valence electrons. The van der Waals surface area contributed by atoms with Crippen molar-refractivity contribution in [3.05, 3.63) is 88.8 Å². The molecule has 0 aliphatic carbocycles. The van der Waals surface area contributed by atoms with Crippen LogP contribution in [0.1, 0.15) is 25.0 Å². The van der Waals surface area contributed by atoms with Crippen molar-refractivity contribution in [2.24, 2.45) is 4.99 Å². The Bertz CT molecular complexity index is 1380. The van der Waals surface area contributed by atoms with Crippen molar-refractivity contribution >= 4 is 50.7 Å². The maximum atomic E-state index is 13.1. The Labute approximate surface area is 198 Å². The van der Waals surface area contributed by atoms with Crippen LogP contribution in [0, 0.1) is 0 Å². The van der Waals surface area contributed by atoms with Crippen LogP contribution in [0.5, 0.6) is 0 Å². The maximum Gasteiger partial charge on any atom is 0.266 e. The summed E-state index contributed by atoms with van der Waals surface area (Å²) in [5.41, 5.74) is 4.77. The number of hydrogen-bond acceptors (Lipinski definition) is 3. The summed E-state index contributed by atoms with van der Waals surface area (Å²) in [6, 6.07) is 25.3. The quantitative estimate of drug-likeness (QED) is 0.319.